The molecule has 5 nitrogen and oxygen atoms in total. The zero-order valence-corrected chi connectivity index (χ0v) is 14.6. The first kappa shape index (κ1) is 18.6. The Morgan fingerprint density at radius 1 is 1.00 bits per heavy atom. The SMILES string of the molecule is CC(CO)CN(Cc1ccccc1)S(=O)(=O)NCc1ccccc1. The van der Waals surface area contributed by atoms with E-state index in [-0.39, 0.29) is 32.2 Å². The van der Waals surface area contributed by atoms with Crippen molar-refractivity contribution in [3.8, 4) is 0 Å². The summed E-state index contributed by atoms with van der Waals surface area (Å²) in [7, 11) is -3.65. The summed E-state index contributed by atoms with van der Waals surface area (Å²) in [5, 5.41) is 9.28. The number of aliphatic hydroxyl groups is 1. The lowest BCUT2D eigenvalue weighted by Gasteiger charge is -2.25. The molecule has 0 amide bonds. The Labute approximate surface area is 144 Å². The minimum absolute atomic E-state index is 0.0561. The molecule has 130 valence electrons. The summed E-state index contributed by atoms with van der Waals surface area (Å²) in [6.45, 7) is 2.54. The highest BCUT2D eigenvalue weighted by atomic mass is 32.2. The number of benzene rings is 2. The van der Waals surface area contributed by atoms with Gasteiger partial charge in [0.05, 0.1) is 0 Å². The van der Waals surface area contributed by atoms with Crippen LogP contribution in [0.25, 0.3) is 0 Å². The highest BCUT2D eigenvalue weighted by Gasteiger charge is 2.23. The summed E-state index contributed by atoms with van der Waals surface area (Å²) in [6.07, 6.45) is 0. The summed E-state index contributed by atoms with van der Waals surface area (Å²) in [4.78, 5) is 0. The number of aliphatic hydroxyl groups excluding tert-OH is 1. The van der Waals surface area contributed by atoms with Crippen LogP contribution in [0.5, 0.6) is 0 Å². The second-order valence-electron chi connectivity index (χ2n) is 5.88. The molecule has 0 spiro atoms. The number of hydrogen-bond donors (Lipinski definition) is 2. The van der Waals surface area contributed by atoms with Gasteiger partial charge in [0.15, 0.2) is 0 Å². The maximum atomic E-state index is 12.7. The van der Waals surface area contributed by atoms with Crippen LogP contribution in [-0.2, 0) is 23.3 Å². The molecule has 0 aromatic heterocycles. The molecule has 0 radical (unpaired) electrons. The van der Waals surface area contributed by atoms with Crippen molar-refractivity contribution in [2.75, 3.05) is 13.2 Å². The van der Waals surface area contributed by atoms with E-state index in [4.69, 9.17) is 0 Å². The molecular weight excluding hydrogens is 324 g/mol. The van der Waals surface area contributed by atoms with E-state index < -0.39 is 10.2 Å². The van der Waals surface area contributed by atoms with Gasteiger partial charge in [0.1, 0.15) is 0 Å². The molecule has 24 heavy (non-hydrogen) atoms. The maximum Gasteiger partial charge on any atom is 0.280 e. The average molecular weight is 348 g/mol. The molecule has 2 N–H and O–H groups in total. The fourth-order valence-corrected chi connectivity index (χ4v) is 3.60. The van der Waals surface area contributed by atoms with Gasteiger partial charge in [-0.1, -0.05) is 67.6 Å². The summed E-state index contributed by atoms with van der Waals surface area (Å²) >= 11 is 0. The molecule has 0 fully saturated rings. The van der Waals surface area contributed by atoms with Crippen LogP contribution in [-0.4, -0.2) is 31.0 Å². The Hall–Kier alpha value is -1.73. The molecular formula is C18H24N2O3S. The molecule has 0 saturated heterocycles. The van der Waals surface area contributed by atoms with Crippen molar-refractivity contribution in [1.82, 2.24) is 9.03 Å². The molecule has 0 saturated carbocycles. The Morgan fingerprint density at radius 3 is 2.08 bits per heavy atom. The highest BCUT2D eigenvalue weighted by Crippen LogP contribution is 2.12. The first-order valence-corrected chi connectivity index (χ1v) is 9.38. The lowest BCUT2D eigenvalue weighted by molar-refractivity contribution is 0.210. The van der Waals surface area contributed by atoms with Crippen LogP contribution >= 0.6 is 0 Å². The van der Waals surface area contributed by atoms with E-state index in [1.54, 1.807) is 0 Å². The normalized spacial score (nSPS) is 13.1. The van der Waals surface area contributed by atoms with Gasteiger partial charge in [-0.3, -0.25) is 0 Å². The third-order valence-corrected chi connectivity index (χ3v) is 5.14. The van der Waals surface area contributed by atoms with Crippen LogP contribution in [0.15, 0.2) is 60.7 Å². The van der Waals surface area contributed by atoms with Gasteiger partial charge in [-0.05, 0) is 17.0 Å². The molecule has 0 bridgehead atoms. The van der Waals surface area contributed by atoms with Crippen molar-refractivity contribution >= 4 is 10.2 Å². The molecule has 0 aliphatic carbocycles. The molecule has 2 rings (SSSR count). The van der Waals surface area contributed by atoms with E-state index in [9.17, 15) is 13.5 Å². The van der Waals surface area contributed by atoms with E-state index in [0.717, 1.165) is 11.1 Å². The van der Waals surface area contributed by atoms with Crippen LogP contribution in [0.1, 0.15) is 18.1 Å². The molecule has 1 unspecified atom stereocenters. The molecule has 0 heterocycles. The number of nitrogens with one attached hydrogen (secondary N) is 1. The van der Waals surface area contributed by atoms with E-state index in [1.807, 2.05) is 67.6 Å². The minimum atomic E-state index is -3.65. The predicted octanol–water partition coefficient (Wildman–Crippen LogP) is 2.15. The predicted molar refractivity (Wildman–Crippen MR) is 95.3 cm³/mol. The summed E-state index contributed by atoms with van der Waals surface area (Å²) in [5.41, 5.74) is 1.81. The smallest absolute Gasteiger partial charge is 0.280 e. The topological polar surface area (TPSA) is 69.6 Å². The third-order valence-electron chi connectivity index (χ3n) is 3.67. The highest BCUT2D eigenvalue weighted by molar-refractivity contribution is 7.87. The quantitative estimate of drug-likeness (QED) is 0.729. The van der Waals surface area contributed by atoms with E-state index in [1.165, 1.54) is 4.31 Å². The Kier molecular flexibility index (Phi) is 6.93. The second kappa shape index (κ2) is 8.94. The van der Waals surface area contributed by atoms with Crippen LogP contribution in [0.3, 0.4) is 0 Å². The van der Waals surface area contributed by atoms with Crippen molar-refractivity contribution in [3.05, 3.63) is 71.8 Å². The van der Waals surface area contributed by atoms with Crippen LogP contribution in [0.2, 0.25) is 0 Å². The van der Waals surface area contributed by atoms with Crippen molar-refractivity contribution in [1.29, 1.82) is 0 Å². The third kappa shape index (κ3) is 5.72. The molecule has 1 atom stereocenters. The first-order valence-electron chi connectivity index (χ1n) is 7.94. The fraction of sp³-hybridized carbons (Fsp3) is 0.333. The maximum absolute atomic E-state index is 12.7. The van der Waals surface area contributed by atoms with E-state index in [2.05, 4.69) is 4.72 Å². The van der Waals surface area contributed by atoms with E-state index in [0.29, 0.717) is 0 Å². The molecule has 0 aliphatic heterocycles. The van der Waals surface area contributed by atoms with Gasteiger partial charge in [-0.2, -0.15) is 17.4 Å². The van der Waals surface area contributed by atoms with Gasteiger partial charge < -0.3 is 5.11 Å². The summed E-state index contributed by atoms with van der Waals surface area (Å²) < 4.78 is 29.4. The average Bonchev–Trinajstić information content (AvgIpc) is 2.61. The monoisotopic (exact) mass is 348 g/mol. The largest absolute Gasteiger partial charge is 0.396 e. The van der Waals surface area contributed by atoms with Gasteiger partial charge in [-0.25, -0.2) is 0 Å². The fourth-order valence-electron chi connectivity index (χ4n) is 2.30. The van der Waals surface area contributed by atoms with Crippen molar-refractivity contribution in [2.45, 2.75) is 20.0 Å². The zero-order chi connectivity index (χ0) is 17.4. The Bertz CT molecular complexity index is 706. The van der Waals surface area contributed by atoms with Crippen molar-refractivity contribution < 1.29 is 13.5 Å². The lowest BCUT2D eigenvalue weighted by Crippen LogP contribution is -2.42. The number of nitrogens with zero attached hydrogens (tertiary/aromatic N) is 1. The second-order valence-corrected chi connectivity index (χ2v) is 7.63. The molecule has 6 heteroatoms. The van der Waals surface area contributed by atoms with Gasteiger partial charge in [0.2, 0.25) is 0 Å². The lowest BCUT2D eigenvalue weighted by atomic mass is 10.2. The van der Waals surface area contributed by atoms with Crippen LogP contribution < -0.4 is 4.72 Å². The zero-order valence-electron chi connectivity index (χ0n) is 13.8. The molecule has 2 aromatic carbocycles. The van der Waals surface area contributed by atoms with Gasteiger partial charge in [-0.15, -0.1) is 0 Å². The first-order chi connectivity index (χ1) is 11.5. The van der Waals surface area contributed by atoms with Gasteiger partial charge in [0.25, 0.3) is 10.2 Å². The minimum Gasteiger partial charge on any atom is -0.396 e. The molecule has 2 aromatic rings. The van der Waals surface area contributed by atoms with Crippen molar-refractivity contribution in [3.63, 3.8) is 0 Å². The van der Waals surface area contributed by atoms with E-state index >= 15 is 0 Å². The summed E-state index contributed by atoms with van der Waals surface area (Å²) in [5.74, 6) is -0.137. The number of rotatable bonds is 9. The van der Waals surface area contributed by atoms with Crippen molar-refractivity contribution in [2.24, 2.45) is 5.92 Å². The standard InChI is InChI=1S/C18H24N2O3S/c1-16(15-21)13-20(14-18-10-6-3-7-11-18)24(22,23)19-12-17-8-4-2-5-9-17/h2-11,16,19,21H,12-15H2,1H3. The van der Waals surface area contributed by atoms with Gasteiger partial charge in [0, 0.05) is 26.2 Å². The Morgan fingerprint density at radius 2 is 1.54 bits per heavy atom. The Balaban J connectivity index is 2.11. The molecule has 0 aliphatic rings. The van der Waals surface area contributed by atoms with Gasteiger partial charge >= 0.3 is 0 Å². The summed E-state index contributed by atoms with van der Waals surface area (Å²) in [6, 6.07) is 18.8. The number of hydrogen-bond acceptors (Lipinski definition) is 3. The van der Waals surface area contributed by atoms with Crippen LogP contribution in [0.4, 0.5) is 0 Å². The van der Waals surface area contributed by atoms with Crippen LogP contribution in [0, 0.1) is 5.92 Å².